The molecule has 0 saturated heterocycles. The second-order valence-electron chi connectivity index (χ2n) is 3.67. The maximum absolute atomic E-state index is 13.5. The standard InChI is InChI=1S/C12H9Br2ClFNS/c1-17-11(10-5-7(13)12(14)18-10)6-2-3-8(15)9(16)4-6/h2-5,11,17H,1H3. The summed E-state index contributed by atoms with van der Waals surface area (Å²) in [5.41, 5.74) is 0.848. The van der Waals surface area contributed by atoms with Crippen LogP contribution in [0.25, 0.3) is 0 Å². The Morgan fingerprint density at radius 2 is 2.06 bits per heavy atom. The zero-order chi connectivity index (χ0) is 13.3. The van der Waals surface area contributed by atoms with E-state index in [9.17, 15) is 4.39 Å². The lowest BCUT2D eigenvalue weighted by molar-refractivity contribution is 0.618. The first-order valence-electron chi connectivity index (χ1n) is 5.10. The lowest BCUT2D eigenvalue weighted by atomic mass is 10.1. The normalized spacial score (nSPS) is 12.7. The summed E-state index contributed by atoms with van der Waals surface area (Å²) in [6, 6.07) is 6.83. The molecular formula is C12H9Br2ClFNS. The average Bonchev–Trinajstić information content (AvgIpc) is 2.65. The average molecular weight is 414 g/mol. The minimum absolute atomic E-state index is 0.0515. The number of thiophene rings is 1. The maximum atomic E-state index is 13.5. The highest BCUT2D eigenvalue weighted by atomic mass is 79.9. The predicted molar refractivity (Wildman–Crippen MR) is 82.0 cm³/mol. The molecule has 1 atom stereocenters. The molecule has 1 aromatic heterocycles. The van der Waals surface area contributed by atoms with Crippen molar-refractivity contribution in [3.8, 4) is 0 Å². The van der Waals surface area contributed by atoms with Crippen LogP contribution in [-0.4, -0.2) is 7.05 Å². The largest absolute Gasteiger partial charge is 0.309 e. The quantitative estimate of drug-likeness (QED) is 0.713. The third-order valence-electron chi connectivity index (χ3n) is 2.51. The summed E-state index contributed by atoms with van der Waals surface area (Å²) in [5, 5.41) is 3.32. The van der Waals surface area contributed by atoms with Gasteiger partial charge in [-0.2, -0.15) is 0 Å². The Kier molecular flexibility index (Phi) is 4.83. The molecule has 18 heavy (non-hydrogen) atoms. The van der Waals surface area contributed by atoms with Gasteiger partial charge >= 0.3 is 0 Å². The van der Waals surface area contributed by atoms with Crippen LogP contribution in [0.4, 0.5) is 4.39 Å². The lowest BCUT2D eigenvalue weighted by Gasteiger charge is -2.15. The third-order valence-corrected chi connectivity index (χ3v) is 6.14. The first-order chi connectivity index (χ1) is 8.52. The minimum Gasteiger partial charge on any atom is -0.309 e. The van der Waals surface area contributed by atoms with E-state index >= 15 is 0 Å². The first kappa shape index (κ1) is 14.5. The van der Waals surface area contributed by atoms with Crippen molar-refractivity contribution < 1.29 is 4.39 Å². The van der Waals surface area contributed by atoms with Gasteiger partial charge < -0.3 is 5.32 Å². The molecule has 2 rings (SSSR count). The van der Waals surface area contributed by atoms with Gasteiger partial charge in [0.05, 0.1) is 14.9 Å². The highest BCUT2D eigenvalue weighted by molar-refractivity contribution is 9.13. The molecule has 0 fully saturated rings. The molecule has 0 bridgehead atoms. The fourth-order valence-electron chi connectivity index (χ4n) is 1.67. The van der Waals surface area contributed by atoms with Crippen LogP contribution in [0.3, 0.4) is 0 Å². The topological polar surface area (TPSA) is 12.0 Å². The molecule has 0 amide bonds. The Bertz CT molecular complexity index is 554. The van der Waals surface area contributed by atoms with Crippen LogP contribution in [0.1, 0.15) is 16.5 Å². The van der Waals surface area contributed by atoms with Crippen LogP contribution in [0.2, 0.25) is 5.02 Å². The van der Waals surface area contributed by atoms with E-state index in [1.165, 1.54) is 6.07 Å². The monoisotopic (exact) mass is 411 g/mol. The fourth-order valence-corrected chi connectivity index (χ4v) is 4.02. The van der Waals surface area contributed by atoms with Gasteiger partial charge in [0.1, 0.15) is 5.82 Å². The van der Waals surface area contributed by atoms with Crippen LogP contribution in [-0.2, 0) is 0 Å². The van der Waals surface area contributed by atoms with Crippen molar-refractivity contribution in [3.63, 3.8) is 0 Å². The summed E-state index contributed by atoms with van der Waals surface area (Å²) in [6.07, 6.45) is 0. The SMILES string of the molecule is CNC(c1ccc(Cl)c(F)c1)c1cc(Br)c(Br)s1. The van der Waals surface area contributed by atoms with E-state index in [1.807, 2.05) is 19.2 Å². The van der Waals surface area contributed by atoms with E-state index in [4.69, 9.17) is 11.6 Å². The Balaban J connectivity index is 2.41. The van der Waals surface area contributed by atoms with Crippen LogP contribution in [0.5, 0.6) is 0 Å². The zero-order valence-electron chi connectivity index (χ0n) is 9.31. The number of hydrogen-bond donors (Lipinski definition) is 1. The molecule has 0 aliphatic rings. The molecule has 0 aliphatic heterocycles. The highest BCUT2D eigenvalue weighted by Crippen LogP contribution is 2.37. The number of benzene rings is 1. The van der Waals surface area contributed by atoms with Gasteiger partial charge in [-0.1, -0.05) is 17.7 Å². The zero-order valence-corrected chi connectivity index (χ0v) is 14.1. The summed E-state index contributed by atoms with van der Waals surface area (Å²) in [6.45, 7) is 0. The number of halogens is 4. The van der Waals surface area contributed by atoms with Crippen LogP contribution in [0, 0.1) is 5.82 Å². The van der Waals surface area contributed by atoms with Gasteiger partial charge in [-0.3, -0.25) is 0 Å². The van der Waals surface area contributed by atoms with Gasteiger partial charge in [-0.15, -0.1) is 11.3 Å². The molecule has 1 heterocycles. The molecule has 2 aromatic rings. The van der Waals surface area contributed by atoms with Crippen molar-refractivity contribution in [2.24, 2.45) is 0 Å². The lowest BCUT2D eigenvalue weighted by Crippen LogP contribution is -2.16. The van der Waals surface area contributed by atoms with Crippen molar-refractivity contribution in [1.82, 2.24) is 5.32 Å². The molecule has 0 saturated carbocycles. The van der Waals surface area contributed by atoms with E-state index in [0.29, 0.717) is 0 Å². The third kappa shape index (κ3) is 2.96. The van der Waals surface area contributed by atoms with E-state index in [1.54, 1.807) is 17.4 Å². The molecule has 96 valence electrons. The number of nitrogens with one attached hydrogen (secondary N) is 1. The van der Waals surface area contributed by atoms with Gasteiger partial charge in [0.15, 0.2) is 0 Å². The summed E-state index contributed by atoms with van der Waals surface area (Å²) >= 11 is 14.2. The molecule has 1 aromatic carbocycles. The van der Waals surface area contributed by atoms with Crippen molar-refractivity contribution >= 4 is 54.8 Å². The van der Waals surface area contributed by atoms with Crippen LogP contribution in [0.15, 0.2) is 32.5 Å². The van der Waals surface area contributed by atoms with E-state index in [-0.39, 0.29) is 11.1 Å². The highest BCUT2D eigenvalue weighted by Gasteiger charge is 2.17. The van der Waals surface area contributed by atoms with Gasteiger partial charge in [0.25, 0.3) is 0 Å². The molecule has 0 spiro atoms. The summed E-state index contributed by atoms with van der Waals surface area (Å²) in [7, 11) is 1.85. The van der Waals surface area contributed by atoms with Crippen molar-refractivity contribution in [1.29, 1.82) is 0 Å². The molecule has 1 N–H and O–H groups in total. The van der Waals surface area contributed by atoms with Gasteiger partial charge in [0.2, 0.25) is 0 Å². The molecule has 1 nitrogen and oxygen atoms in total. The second-order valence-corrected chi connectivity index (χ2v) is 7.33. The Labute approximate surface area is 131 Å². The minimum atomic E-state index is -0.399. The second kappa shape index (κ2) is 6.01. The first-order valence-corrected chi connectivity index (χ1v) is 7.88. The van der Waals surface area contributed by atoms with Gasteiger partial charge in [-0.05, 0) is 62.7 Å². The number of hydrogen-bond acceptors (Lipinski definition) is 2. The summed E-state index contributed by atoms with van der Waals surface area (Å²) in [5.74, 6) is -0.399. The Hall–Kier alpha value is 0.0600. The number of rotatable bonds is 3. The molecule has 0 radical (unpaired) electrons. The van der Waals surface area contributed by atoms with Crippen molar-refractivity contribution in [2.75, 3.05) is 7.05 Å². The van der Waals surface area contributed by atoms with Crippen LogP contribution >= 0.6 is 54.8 Å². The fraction of sp³-hybridized carbons (Fsp3) is 0.167. The molecule has 1 unspecified atom stereocenters. The van der Waals surface area contributed by atoms with E-state index in [2.05, 4.69) is 37.2 Å². The van der Waals surface area contributed by atoms with Crippen molar-refractivity contribution in [2.45, 2.75) is 6.04 Å². The summed E-state index contributed by atoms with van der Waals surface area (Å²) in [4.78, 5) is 1.10. The summed E-state index contributed by atoms with van der Waals surface area (Å²) < 4.78 is 15.5. The molecule has 6 heteroatoms. The van der Waals surface area contributed by atoms with E-state index in [0.717, 1.165) is 18.7 Å². The smallest absolute Gasteiger partial charge is 0.142 e. The molecule has 0 aliphatic carbocycles. The van der Waals surface area contributed by atoms with E-state index < -0.39 is 5.82 Å². The predicted octanol–water partition coefficient (Wildman–Crippen LogP) is 5.37. The molecular weight excluding hydrogens is 404 g/mol. The Morgan fingerprint density at radius 3 is 2.56 bits per heavy atom. The van der Waals surface area contributed by atoms with Crippen molar-refractivity contribution in [3.05, 3.63) is 53.8 Å². The Morgan fingerprint density at radius 1 is 1.33 bits per heavy atom. The van der Waals surface area contributed by atoms with Gasteiger partial charge in [-0.25, -0.2) is 4.39 Å². The van der Waals surface area contributed by atoms with Crippen LogP contribution < -0.4 is 5.32 Å². The maximum Gasteiger partial charge on any atom is 0.142 e. The van der Waals surface area contributed by atoms with Gasteiger partial charge in [0, 0.05) is 9.35 Å².